The third-order valence-corrected chi connectivity index (χ3v) is 7.17. The Morgan fingerprint density at radius 3 is 2.35 bits per heavy atom. The van der Waals surface area contributed by atoms with Gasteiger partial charge in [0.2, 0.25) is 5.89 Å². The van der Waals surface area contributed by atoms with Crippen LogP contribution in [0.5, 0.6) is 0 Å². The Balaban J connectivity index is 1.71. The minimum absolute atomic E-state index is 0.0725. The molecule has 0 bridgehead atoms. The Hall–Kier alpha value is -2.49. The van der Waals surface area contributed by atoms with Crippen molar-refractivity contribution in [1.29, 1.82) is 0 Å². The summed E-state index contributed by atoms with van der Waals surface area (Å²) in [6.07, 6.45) is -2.75. The summed E-state index contributed by atoms with van der Waals surface area (Å²) < 4.78 is 48.0. The summed E-state index contributed by atoms with van der Waals surface area (Å²) in [6.45, 7) is 1.98. The number of aromatic nitrogens is 4. The molecule has 2 heterocycles. The maximum absolute atomic E-state index is 13.6. The van der Waals surface area contributed by atoms with Gasteiger partial charge in [-0.1, -0.05) is 53.0 Å². The first-order valence-corrected chi connectivity index (χ1v) is 12.2. The third kappa shape index (κ3) is 3.79. The topological polar surface area (TPSA) is 56.7 Å². The van der Waals surface area contributed by atoms with E-state index < -0.39 is 17.5 Å². The smallest absolute Gasteiger partial charge is 0.403 e. The Bertz CT molecular complexity index is 1380. The summed E-state index contributed by atoms with van der Waals surface area (Å²) in [5.74, 6) is -0.509. The molecule has 34 heavy (non-hydrogen) atoms. The Labute approximate surface area is 207 Å². The zero-order chi connectivity index (χ0) is 24.3. The number of aryl methyl sites for hydroxylation is 1. The molecule has 5 nitrogen and oxygen atoms in total. The highest BCUT2D eigenvalue weighted by Gasteiger charge is 2.68. The van der Waals surface area contributed by atoms with Gasteiger partial charge >= 0.3 is 6.18 Å². The van der Waals surface area contributed by atoms with E-state index in [2.05, 4.69) is 15.3 Å². The van der Waals surface area contributed by atoms with Crippen molar-refractivity contribution in [3.05, 3.63) is 64.0 Å². The Morgan fingerprint density at radius 1 is 1.06 bits per heavy atom. The maximum Gasteiger partial charge on any atom is 0.403 e. The summed E-state index contributed by atoms with van der Waals surface area (Å²) in [6, 6.07) is 12.8. The van der Waals surface area contributed by atoms with Gasteiger partial charge in [0, 0.05) is 10.6 Å². The standard InChI is InChI=1S/C23H17Cl2F3N4OS/c1-12-3-5-13(6-4-12)18-19(34-2)17(31-32(18)16-8-7-14(24)11-15(16)25)20-29-30-21(33-20)22(9-10-22)23(26,27)28/h3-8,11H,9-10H2,1-2H3. The largest absolute Gasteiger partial charge is 0.418 e. The van der Waals surface area contributed by atoms with Crippen LogP contribution in [0.2, 0.25) is 10.0 Å². The third-order valence-electron chi connectivity index (χ3n) is 5.84. The van der Waals surface area contributed by atoms with Gasteiger partial charge in [0.1, 0.15) is 5.41 Å². The first-order chi connectivity index (χ1) is 16.1. The second kappa shape index (κ2) is 8.32. The molecule has 0 aliphatic heterocycles. The molecular formula is C23H17Cl2F3N4OS. The quantitative estimate of drug-likeness (QED) is 0.252. The van der Waals surface area contributed by atoms with Crippen molar-refractivity contribution in [3.8, 4) is 28.5 Å². The lowest BCUT2D eigenvalue weighted by atomic mass is 10.1. The van der Waals surface area contributed by atoms with Gasteiger partial charge in [0.05, 0.1) is 21.3 Å². The lowest BCUT2D eigenvalue weighted by Crippen LogP contribution is -2.28. The van der Waals surface area contributed by atoms with Crippen LogP contribution >= 0.6 is 35.0 Å². The monoisotopic (exact) mass is 524 g/mol. The van der Waals surface area contributed by atoms with Crippen LogP contribution in [0.4, 0.5) is 13.2 Å². The molecule has 4 aromatic rings. The predicted molar refractivity (Wildman–Crippen MR) is 126 cm³/mol. The van der Waals surface area contributed by atoms with Crippen molar-refractivity contribution in [3.63, 3.8) is 0 Å². The first kappa shape index (κ1) is 23.3. The molecule has 1 fully saturated rings. The van der Waals surface area contributed by atoms with Crippen LogP contribution in [0.25, 0.3) is 28.5 Å². The molecular weight excluding hydrogens is 508 g/mol. The summed E-state index contributed by atoms with van der Waals surface area (Å²) in [7, 11) is 0. The normalized spacial score (nSPS) is 15.0. The van der Waals surface area contributed by atoms with Crippen molar-refractivity contribution >= 4 is 35.0 Å². The predicted octanol–water partition coefficient (Wildman–Crippen LogP) is 7.52. The van der Waals surface area contributed by atoms with Gasteiger partial charge in [-0.15, -0.1) is 22.0 Å². The van der Waals surface area contributed by atoms with Gasteiger partial charge in [-0.2, -0.15) is 18.3 Å². The fourth-order valence-corrected chi connectivity index (χ4v) is 4.99. The highest BCUT2D eigenvalue weighted by Crippen LogP contribution is 2.58. The highest BCUT2D eigenvalue weighted by molar-refractivity contribution is 7.98. The van der Waals surface area contributed by atoms with Gasteiger partial charge in [0.25, 0.3) is 5.89 Å². The Morgan fingerprint density at radius 2 is 1.76 bits per heavy atom. The number of hydrogen-bond acceptors (Lipinski definition) is 5. The van der Waals surface area contributed by atoms with Crippen molar-refractivity contribution in [2.24, 2.45) is 0 Å². The number of nitrogens with zero attached hydrogens (tertiary/aromatic N) is 4. The lowest BCUT2D eigenvalue weighted by Gasteiger charge is -2.14. The minimum atomic E-state index is -4.46. The zero-order valence-electron chi connectivity index (χ0n) is 18.0. The average Bonchev–Trinajstić information content (AvgIpc) is 3.32. The number of benzene rings is 2. The van der Waals surface area contributed by atoms with Crippen LogP contribution in [0, 0.1) is 6.92 Å². The van der Waals surface area contributed by atoms with Gasteiger partial charge in [0.15, 0.2) is 5.69 Å². The molecule has 11 heteroatoms. The second-order valence-corrected chi connectivity index (χ2v) is 9.76. The van der Waals surface area contributed by atoms with Crippen molar-refractivity contribution in [2.45, 2.75) is 36.3 Å². The second-order valence-electron chi connectivity index (χ2n) is 8.10. The summed E-state index contributed by atoms with van der Waals surface area (Å²) in [5.41, 5.74) is 1.38. The minimum Gasteiger partial charge on any atom is -0.418 e. The molecule has 176 valence electrons. The van der Waals surface area contributed by atoms with E-state index in [1.807, 2.05) is 37.4 Å². The summed E-state index contributed by atoms with van der Waals surface area (Å²) in [4.78, 5) is 0.668. The van der Waals surface area contributed by atoms with E-state index in [4.69, 9.17) is 27.6 Å². The molecule has 0 radical (unpaired) electrons. The van der Waals surface area contributed by atoms with Gasteiger partial charge < -0.3 is 4.42 Å². The summed E-state index contributed by atoms with van der Waals surface area (Å²) >= 11 is 14.0. The maximum atomic E-state index is 13.6. The first-order valence-electron chi connectivity index (χ1n) is 10.3. The molecule has 0 N–H and O–H groups in total. The van der Waals surface area contributed by atoms with Crippen molar-refractivity contribution < 1.29 is 17.6 Å². The molecule has 2 aromatic heterocycles. The molecule has 1 aliphatic carbocycles. The van der Waals surface area contributed by atoms with Crippen LogP contribution in [0.1, 0.15) is 24.3 Å². The molecule has 5 rings (SSSR count). The van der Waals surface area contributed by atoms with E-state index in [1.165, 1.54) is 11.8 Å². The zero-order valence-corrected chi connectivity index (χ0v) is 20.3. The van der Waals surface area contributed by atoms with E-state index in [0.717, 1.165) is 11.1 Å². The van der Waals surface area contributed by atoms with E-state index >= 15 is 0 Å². The van der Waals surface area contributed by atoms with Crippen LogP contribution in [0.15, 0.2) is 51.8 Å². The fourth-order valence-electron chi connectivity index (χ4n) is 3.79. The molecule has 0 amide bonds. The van der Waals surface area contributed by atoms with Crippen LogP contribution in [-0.4, -0.2) is 32.4 Å². The molecule has 0 unspecified atom stereocenters. The number of alkyl halides is 3. The van der Waals surface area contributed by atoms with Crippen LogP contribution in [-0.2, 0) is 5.41 Å². The SMILES string of the molecule is CSc1c(-c2nnc(C3(C(F)(F)F)CC3)o2)nn(-c2ccc(Cl)cc2Cl)c1-c1ccc(C)cc1. The average molecular weight is 525 g/mol. The number of hydrogen-bond donors (Lipinski definition) is 0. The van der Waals surface area contributed by atoms with E-state index in [9.17, 15) is 13.2 Å². The van der Waals surface area contributed by atoms with Gasteiger partial charge in [-0.25, -0.2) is 4.68 Å². The Kier molecular flexibility index (Phi) is 5.69. The molecule has 2 aromatic carbocycles. The number of halogens is 5. The van der Waals surface area contributed by atoms with Crippen molar-refractivity contribution in [2.75, 3.05) is 6.26 Å². The van der Waals surface area contributed by atoms with Gasteiger partial charge in [-0.05, 0) is 44.2 Å². The van der Waals surface area contributed by atoms with E-state index in [1.54, 1.807) is 22.9 Å². The van der Waals surface area contributed by atoms with Crippen LogP contribution in [0.3, 0.4) is 0 Å². The van der Waals surface area contributed by atoms with Gasteiger partial charge in [-0.3, -0.25) is 0 Å². The van der Waals surface area contributed by atoms with Crippen LogP contribution < -0.4 is 0 Å². The van der Waals surface area contributed by atoms with Crippen molar-refractivity contribution in [1.82, 2.24) is 20.0 Å². The fraction of sp³-hybridized carbons (Fsp3) is 0.261. The molecule has 0 atom stereocenters. The number of rotatable bonds is 5. The highest BCUT2D eigenvalue weighted by atomic mass is 35.5. The molecule has 0 spiro atoms. The number of thioether (sulfide) groups is 1. The van der Waals surface area contributed by atoms with E-state index in [0.29, 0.717) is 26.3 Å². The molecule has 1 aliphatic rings. The lowest BCUT2D eigenvalue weighted by molar-refractivity contribution is -0.165. The summed E-state index contributed by atoms with van der Waals surface area (Å²) in [5, 5.41) is 13.2. The molecule has 1 saturated carbocycles. The molecule has 0 saturated heterocycles. The van der Waals surface area contributed by atoms with E-state index in [-0.39, 0.29) is 24.4 Å².